The van der Waals surface area contributed by atoms with Crippen molar-refractivity contribution >= 4 is 21.6 Å². The molecule has 0 aliphatic rings. The topological polar surface area (TPSA) is 49.4 Å². The quantitative estimate of drug-likeness (QED) is 0.795. The average Bonchev–Trinajstić information content (AvgIpc) is 2.45. The van der Waals surface area contributed by atoms with Crippen LogP contribution in [0.4, 0.5) is 0 Å². The third-order valence-corrected chi connectivity index (χ3v) is 5.92. The van der Waals surface area contributed by atoms with Gasteiger partial charge in [0, 0.05) is 24.7 Å². The Bertz CT molecular complexity index is 561. The Morgan fingerprint density at radius 1 is 1.33 bits per heavy atom. The van der Waals surface area contributed by atoms with E-state index in [1.165, 1.54) is 4.31 Å². The third kappa shape index (κ3) is 4.68. The molecule has 6 heteroatoms. The Kier molecular flexibility index (Phi) is 7.13. The first-order valence-corrected chi connectivity index (χ1v) is 9.13. The van der Waals surface area contributed by atoms with E-state index in [0.717, 1.165) is 24.9 Å². The van der Waals surface area contributed by atoms with Crippen LogP contribution in [0.3, 0.4) is 0 Å². The van der Waals surface area contributed by atoms with Crippen LogP contribution < -0.4 is 5.32 Å². The molecule has 0 saturated heterocycles. The van der Waals surface area contributed by atoms with Gasteiger partial charge < -0.3 is 5.32 Å². The van der Waals surface area contributed by atoms with Gasteiger partial charge in [0.15, 0.2) is 0 Å². The van der Waals surface area contributed by atoms with Crippen molar-refractivity contribution in [2.75, 3.05) is 13.6 Å². The molecule has 0 radical (unpaired) electrons. The molecule has 0 heterocycles. The molecule has 1 atom stereocenters. The van der Waals surface area contributed by atoms with Crippen LogP contribution >= 0.6 is 11.6 Å². The molecule has 21 heavy (non-hydrogen) atoms. The van der Waals surface area contributed by atoms with Crippen molar-refractivity contribution in [1.82, 2.24) is 9.62 Å². The molecule has 120 valence electrons. The summed E-state index contributed by atoms with van der Waals surface area (Å²) in [7, 11) is -1.84. The lowest BCUT2D eigenvalue weighted by atomic mass is 10.2. The maximum atomic E-state index is 12.6. The van der Waals surface area contributed by atoms with Crippen molar-refractivity contribution in [2.45, 2.75) is 51.1 Å². The molecular weight excluding hydrogens is 308 g/mol. The van der Waals surface area contributed by atoms with Crippen LogP contribution in [-0.2, 0) is 16.6 Å². The van der Waals surface area contributed by atoms with Gasteiger partial charge in [-0.15, -0.1) is 0 Å². The minimum absolute atomic E-state index is 0.0205. The summed E-state index contributed by atoms with van der Waals surface area (Å²) in [6.07, 6.45) is 1.79. The summed E-state index contributed by atoms with van der Waals surface area (Å²) < 4.78 is 26.7. The molecule has 0 aliphatic heterocycles. The molecule has 4 nitrogen and oxygen atoms in total. The Morgan fingerprint density at radius 2 is 2.00 bits per heavy atom. The normalized spacial score (nSPS) is 13.6. The molecule has 1 unspecified atom stereocenters. The predicted molar refractivity (Wildman–Crippen MR) is 88.2 cm³/mol. The average molecular weight is 333 g/mol. The summed E-state index contributed by atoms with van der Waals surface area (Å²) >= 11 is 6.13. The van der Waals surface area contributed by atoms with Gasteiger partial charge in [-0.25, -0.2) is 8.42 Å². The fraction of sp³-hybridized carbons (Fsp3) is 0.600. The van der Waals surface area contributed by atoms with Crippen molar-refractivity contribution < 1.29 is 8.42 Å². The highest BCUT2D eigenvalue weighted by Gasteiger charge is 2.25. The number of nitrogens with zero attached hydrogens (tertiary/aromatic N) is 1. The Labute approximate surface area is 133 Å². The number of halogens is 1. The molecule has 1 aromatic carbocycles. The number of hydrogen-bond acceptors (Lipinski definition) is 3. The second-order valence-corrected chi connectivity index (χ2v) is 7.60. The first kappa shape index (κ1) is 18.4. The van der Waals surface area contributed by atoms with Crippen molar-refractivity contribution in [3.05, 3.63) is 28.8 Å². The largest absolute Gasteiger partial charge is 0.313 e. The first-order valence-electron chi connectivity index (χ1n) is 7.31. The summed E-state index contributed by atoms with van der Waals surface area (Å²) in [5.41, 5.74) is 0.802. The summed E-state index contributed by atoms with van der Waals surface area (Å²) in [6.45, 7) is 7.34. The zero-order valence-corrected chi connectivity index (χ0v) is 14.8. The van der Waals surface area contributed by atoms with Gasteiger partial charge >= 0.3 is 0 Å². The van der Waals surface area contributed by atoms with Crippen LogP contribution in [-0.4, -0.2) is 32.4 Å². The highest BCUT2D eigenvalue weighted by Crippen LogP contribution is 2.24. The zero-order chi connectivity index (χ0) is 16.0. The molecule has 1 rings (SSSR count). The second kappa shape index (κ2) is 8.13. The predicted octanol–water partition coefficient (Wildman–Crippen LogP) is 3.26. The zero-order valence-electron chi connectivity index (χ0n) is 13.2. The van der Waals surface area contributed by atoms with Gasteiger partial charge in [0.25, 0.3) is 0 Å². The summed E-state index contributed by atoms with van der Waals surface area (Å²) in [4.78, 5) is 0.297. The Hall–Kier alpha value is -0.620. The molecule has 0 fully saturated rings. The molecular formula is C15H25ClN2O2S. The van der Waals surface area contributed by atoms with E-state index in [0.29, 0.717) is 16.5 Å². The lowest BCUT2D eigenvalue weighted by molar-refractivity contribution is 0.368. The van der Waals surface area contributed by atoms with E-state index in [9.17, 15) is 8.42 Å². The van der Waals surface area contributed by atoms with Crippen molar-refractivity contribution in [3.63, 3.8) is 0 Å². The number of rotatable bonds is 8. The summed E-state index contributed by atoms with van der Waals surface area (Å²) in [5.74, 6) is 0. The molecule has 0 aliphatic carbocycles. The maximum absolute atomic E-state index is 12.6. The minimum atomic E-state index is -3.48. The van der Waals surface area contributed by atoms with Gasteiger partial charge in [-0.2, -0.15) is 4.31 Å². The van der Waals surface area contributed by atoms with Gasteiger partial charge in [-0.05, 0) is 43.7 Å². The van der Waals surface area contributed by atoms with Gasteiger partial charge in [0.05, 0.1) is 4.90 Å². The molecule has 0 bridgehead atoms. The van der Waals surface area contributed by atoms with E-state index in [4.69, 9.17) is 11.6 Å². The van der Waals surface area contributed by atoms with Crippen LogP contribution in [0.1, 0.15) is 39.2 Å². The van der Waals surface area contributed by atoms with Crippen LogP contribution in [0.15, 0.2) is 23.1 Å². The van der Waals surface area contributed by atoms with Crippen LogP contribution in [0.25, 0.3) is 0 Å². The van der Waals surface area contributed by atoms with E-state index in [-0.39, 0.29) is 6.04 Å². The third-order valence-electron chi connectivity index (χ3n) is 3.59. The van der Waals surface area contributed by atoms with E-state index < -0.39 is 10.0 Å². The van der Waals surface area contributed by atoms with Crippen LogP contribution in [0.2, 0.25) is 5.02 Å². The molecule has 0 saturated carbocycles. The Balaban J connectivity index is 3.08. The lowest BCUT2D eigenvalue weighted by Crippen LogP contribution is -2.35. The monoisotopic (exact) mass is 332 g/mol. The smallest absolute Gasteiger partial charge is 0.243 e. The number of nitrogens with one attached hydrogen (secondary N) is 1. The summed E-state index contributed by atoms with van der Waals surface area (Å²) in [5, 5.41) is 3.75. The fourth-order valence-electron chi connectivity index (χ4n) is 2.11. The van der Waals surface area contributed by atoms with Gasteiger partial charge in [0.2, 0.25) is 10.0 Å². The molecule has 0 aromatic heterocycles. The standard InChI is InChI=1S/C15H25ClN2O2S/c1-5-7-12(3)18(4)21(19,20)14-8-9-15(16)13(10-14)11-17-6-2/h8-10,12,17H,5-7,11H2,1-4H3. The first-order chi connectivity index (χ1) is 9.84. The van der Waals surface area contributed by atoms with Crippen LogP contribution in [0.5, 0.6) is 0 Å². The second-order valence-electron chi connectivity index (χ2n) is 5.19. The highest BCUT2D eigenvalue weighted by atomic mass is 35.5. The van der Waals surface area contributed by atoms with Crippen molar-refractivity contribution in [2.24, 2.45) is 0 Å². The molecule has 0 amide bonds. The number of hydrogen-bond donors (Lipinski definition) is 1. The van der Waals surface area contributed by atoms with Gasteiger partial charge in [-0.3, -0.25) is 0 Å². The number of benzene rings is 1. The van der Waals surface area contributed by atoms with Gasteiger partial charge in [-0.1, -0.05) is 31.9 Å². The maximum Gasteiger partial charge on any atom is 0.243 e. The van der Waals surface area contributed by atoms with E-state index in [2.05, 4.69) is 5.32 Å². The molecule has 1 N–H and O–H groups in total. The van der Waals surface area contributed by atoms with E-state index >= 15 is 0 Å². The SMILES string of the molecule is CCCC(C)N(C)S(=O)(=O)c1ccc(Cl)c(CNCC)c1. The number of sulfonamides is 1. The Morgan fingerprint density at radius 3 is 2.57 bits per heavy atom. The molecule has 0 spiro atoms. The van der Waals surface area contributed by atoms with Crippen LogP contribution in [0, 0.1) is 0 Å². The minimum Gasteiger partial charge on any atom is -0.313 e. The highest BCUT2D eigenvalue weighted by molar-refractivity contribution is 7.89. The molecule has 1 aromatic rings. The fourth-order valence-corrected chi connectivity index (χ4v) is 3.74. The van der Waals surface area contributed by atoms with E-state index in [1.807, 2.05) is 20.8 Å². The van der Waals surface area contributed by atoms with Gasteiger partial charge in [0.1, 0.15) is 0 Å². The summed E-state index contributed by atoms with van der Waals surface area (Å²) in [6, 6.07) is 4.87. The van der Waals surface area contributed by atoms with Crippen molar-refractivity contribution in [3.8, 4) is 0 Å². The van der Waals surface area contributed by atoms with E-state index in [1.54, 1.807) is 25.2 Å². The lowest BCUT2D eigenvalue weighted by Gasteiger charge is -2.24. The van der Waals surface area contributed by atoms with Crippen molar-refractivity contribution in [1.29, 1.82) is 0 Å².